The Labute approximate surface area is 211 Å². The highest BCUT2D eigenvalue weighted by Gasteiger charge is 2.41. The third kappa shape index (κ3) is 4.87. The molecule has 1 aliphatic carbocycles. The monoisotopic (exact) mass is 493 g/mol. The first-order valence-corrected chi connectivity index (χ1v) is 12.8. The molecular weight excluding hydrogens is 458 g/mol. The Morgan fingerprint density at radius 1 is 1.17 bits per heavy atom. The fourth-order valence-corrected chi connectivity index (χ4v) is 5.45. The van der Waals surface area contributed by atoms with Gasteiger partial charge in [0, 0.05) is 18.2 Å². The van der Waals surface area contributed by atoms with E-state index in [-0.39, 0.29) is 18.0 Å². The lowest BCUT2D eigenvalue weighted by Gasteiger charge is -2.47. The third-order valence-electron chi connectivity index (χ3n) is 7.29. The minimum Gasteiger partial charge on any atom is -0.508 e. The fourth-order valence-electron chi connectivity index (χ4n) is 5.45. The Bertz CT molecular complexity index is 1220. The Morgan fingerprint density at radius 3 is 2.56 bits per heavy atom. The number of amides is 1. The van der Waals surface area contributed by atoms with Crippen molar-refractivity contribution in [2.75, 3.05) is 13.2 Å². The van der Waals surface area contributed by atoms with Gasteiger partial charge in [-0.15, -0.1) is 0 Å². The lowest BCUT2D eigenvalue weighted by Crippen LogP contribution is -2.56. The molecule has 1 amide bonds. The second kappa shape index (κ2) is 9.65. The molecule has 1 unspecified atom stereocenters. The van der Waals surface area contributed by atoms with Crippen molar-refractivity contribution in [3.8, 4) is 22.6 Å². The number of rotatable bonds is 6. The lowest BCUT2D eigenvalue weighted by atomic mass is 9.78. The second-order valence-corrected chi connectivity index (χ2v) is 11.0. The molecule has 2 aliphatic rings. The van der Waals surface area contributed by atoms with E-state index in [9.17, 15) is 15.0 Å². The summed E-state index contributed by atoms with van der Waals surface area (Å²) in [5.74, 6) is 1.28. The van der Waals surface area contributed by atoms with Crippen molar-refractivity contribution in [1.29, 1.82) is 0 Å². The fraction of sp³-hybridized carbons (Fsp3) is 0.500. The number of carbonyl (C=O) groups is 1. The molecule has 1 aliphatic heterocycles. The molecule has 1 aromatic heterocycles. The van der Waals surface area contributed by atoms with E-state index >= 15 is 0 Å². The van der Waals surface area contributed by atoms with Gasteiger partial charge in [-0.3, -0.25) is 0 Å². The highest BCUT2D eigenvalue weighted by Crippen LogP contribution is 2.39. The van der Waals surface area contributed by atoms with Gasteiger partial charge in [-0.05, 0) is 94.2 Å². The normalized spacial score (nSPS) is 22.2. The van der Waals surface area contributed by atoms with Crippen molar-refractivity contribution in [2.45, 2.75) is 70.7 Å². The number of nitrogens with zero attached hydrogens (tertiary/aromatic N) is 3. The van der Waals surface area contributed by atoms with Crippen LogP contribution in [0.25, 0.3) is 22.0 Å². The van der Waals surface area contributed by atoms with Crippen molar-refractivity contribution in [1.82, 2.24) is 14.7 Å². The average molecular weight is 494 g/mol. The van der Waals surface area contributed by atoms with Gasteiger partial charge in [0.25, 0.3) is 0 Å². The lowest BCUT2D eigenvalue weighted by molar-refractivity contribution is -0.0366. The van der Waals surface area contributed by atoms with Crippen LogP contribution in [-0.4, -0.2) is 55.8 Å². The predicted molar refractivity (Wildman–Crippen MR) is 137 cm³/mol. The van der Waals surface area contributed by atoms with Gasteiger partial charge in [0.15, 0.2) is 6.23 Å². The molecule has 192 valence electrons. The second-order valence-electron chi connectivity index (χ2n) is 11.0. The minimum atomic E-state index is -0.868. The first kappa shape index (κ1) is 24.4. The van der Waals surface area contributed by atoms with Crippen LogP contribution in [0.1, 0.15) is 59.1 Å². The molecule has 2 aromatic carbocycles. The number of ether oxygens (including phenoxy) is 2. The van der Waals surface area contributed by atoms with Crippen LogP contribution in [-0.2, 0) is 4.74 Å². The molecule has 1 saturated heterocycles. The van der Waals surface area contributed by atoms with E-state index in [1.807, 2.05) is 49.8 Å². The summed E-state index contributed by atoms with van der Waals surface area (Å²) in [6.45, 7) is 7.06. The van der Waals surface area contributed by atoms with Gasteiger partial charge < -0.3 is 24.6 Å². The zero-order valence-corrected chi connectivity index (χ0v) is 21.2. The number of aromatic nitrogens is 2. The molecule has 0 spiro atoms. The van der Waals surface area contributed by atoms with Gasteiger partial charge in [0.2, 0.25) is 0 Å². The highest BCUT2D eigenvalue weighted by molar-refractivity contribution is 5.90. The molecular formula is C28H35N3O5. The summed E-state index contributed by atoms with van der Waals surface area (Å²) in [5.41, 5.74) is 2.48. The number of benzene rings is 2. The highest BCUT2D eigenvalue weighted by atomic mass is 16.5. The Kier molecular flexibility index (Phi) is 6.55. The van der Waals surface area contributed by atoms with Crippen molar-refractivity contribution in [2.24, 2.45) is 5.92 Å². The van der Waals surface area contributed by atoms with E-state index in [2.05, 4.69) is 11.2 Å². The molecule has 2 heterocycles. The van der Waals surface area contributed by atoms with E-state index in [4.69, 9.17) is 9.47 Å². The third-order valence-corrected chi connectivity index (χ3v) is 7.29. The van der Waals surface area contributed by atoms with Crippen molar-refractivity contribution in [3.05, 3.63) is 42.6 Å². The maximum atomic E-state index is 11.8. The Hall–Kier alpha value is -3.26. The van der Waals surface area contributed by atoms with E-state index in [0.29, 0.717) is 12.5 Å². The van der Waals surface area contributed by atoms with E-state index in [1.165, 1.54) is 0 Å². The summed E-state index contributed by atoms with van der Waals surface area (Å²) in [7, 11) is 0. The molecule has 0 bridgehead atoms. The summed E-state index contributed by atoms with van der Waals surface area (Å²) < 4.78 is 14.3. The smallest absolute Gasteiger partial charge is 0.407 e. The van der Waals surface area contributed by atoms with Crippen LogP contribution in [0.5, 0.6) is 11.5 Å². The standard InChI is InChI=1S/C28H35N3O5/c1-28(2,3)30(27(33)34)21-12-18(13-21)17-36-25-15-20(19-7-9-22(32)10-8-19)14-24-23(25)16-29-31(24)26-6-4-5-11-35-26/h7-10,14-16,18,21,26,32H,4-6,11-13,17H2,1-3H3,(H,33,34). The summed E-state index contributed by atoms with van der Waals surface area (Å²) >= 11 is 0. The summed E-state index contributed by atoms with van der Waals surface area (Å²) in [4.78, 5) is 13.4. The molecule has 8 nitrogen and oxygen atoms in total. The quantitative estimate of drug-likeness (QED) is 0.434. The van der Waals surface area contributed by atoms with Crippen molar-refractivity contribution in [3.63, 3.8) is 0 Å². The number of carboxylic acid groups (broad SMARTS) is 1. The number of fused-ring (bicyclic) bond motifs is 1. The molecule has 1 saturated carbocycles. The molecule has 2 N–H and O–H groups in total. The number of hydrogen-bond donors (Lipinski definition) is 2. The van der Waals surface area contributed by atoms with Crippen molar-refractivity contribution < 1.29 is 24.5 Å². The molecule has 5 rings (SSSR count). The maximum absolute atomic E-state index is 11.8. The summed E-state index contributed by atoms with van der Waals surface area (Å²) in [6.07, 6.45) is 5.57. The van der Waals surface area contributed by atoms with E-state index in [0.717, 1.165) is 66.5 Å². The van der Waals surface area contributed by atoms with Crippen LogP contribution in [0.4, 0.5) is 4.79 Å². The summed E-state index contributed by atoms with van der Waals surface area (Å²) in [5, 5.41) is 25.0. The topological polar surface area (TPSA) is 97.1 Å². The molecule has 36 heavy (non-hydrogen) atoms. The van der Waals surface area contributed by atoms with Crippen LogP contribution in [0.2, 0.25) is 0 Å². The summed E-state index contributed by atoms with van der Waals surface area (Å²) in [6, 6.07) is 11.3. The van der Waals surface area contributed by atoms with E-state index < -0.39 is 11.6 Å². The largest absolute Gasteiger partial charge is 0.508 e. The Balaban J connectivity index is 1.39. The van der Waals surface area contributed by atoms with Crippen LogP contribution >= 0.6 is 0 Å². The predicted octanol–water partition coefficient (Wildman–Crippen LogP) is 6.04. The molecule has 1 atom stereocenters. The van der Waals surface area contributed by atoms with Crippen LogP contribution < -0.4 is 4.74 Å². The van der Waals surface area contributed by atoms with Crippen molar-refractivity contribution >= 4 is 17.0 Å². The van der Waals surface area contributed by atoms with Crippen LogP contribution in [0, 0.1) is 5.92 Å². The first-order chi connectivity index (χ1) is 17.2. The first-order valence-electron chi connectivity index (χ1n) is 12.8. The number of hydrogen-bond acceptors (Lipinski definition) is 5. The molecule has 2 fully saturated rings. The average Bonchev–Trinajstić information content (AvgIpc) is 3.24. The Morgan fingerprint density at radius 2 is 1.92 bits per heavy atom. The molecule has 8 heteroatoms. The van der Waals surface area contributed by atoms with Crippen LogP contribution in [0.3, 0.4) is 0 Å². The van der Waals surface area contributed by atoms with Gasteiger partial charge in [-0.25, -0.2) is 9.48 Å². The number of phenols is 1. The van der Waals surface area contributed by atoms with Gasteiger partial charge in [-0.1, -0.05) is 12.1 Å². The SMILES string of the molecule is CC(C)(C)N(C(=O)O)C1CC(COc2cc(-c3ccc(O)cc3)cc3c2cnn3C2CCCCO2)C1. The maximum Gasteiger partial charge on any atom is 0.407 e. The van der Waals surface area contributed by atoms with Gasteiger partial charge in [0.1, 0.15) is 11.5 Å². The van der Waals surface area contributed by atoms with Gasteiger partial charge >= 0.3 is 6.09 Å². The number of phenolic OH excluding ortho intramolecular Hbond substituents is 1. The van der Waals surface area contributed by atoms with Crippen LogP contribution in [0.15, 0.2) is 42.6 Å². The van der Waals surface area contributed by atoms with E-state index in [1.54, 1.807) is 17.0 Å². The van der Waals surface area contributed by atoms with Gasteiger partial charge in [0.05, 0.1) is 23.7 Å². The molecule has 3 aromatic rings. The zero-order valence-electron chi connectivity index (χ0n) is 21.2. The zero-order chi connectivity index (χ0) is 25.4. The molecule has 0 radical (unpaired) electrons. The number of aromatic hydroxyl groups is 1. The minimum absolute atomic E-state index is 0.0191. The van der Waals surface area contributed by atoms with Gasteiger partial charge in [-0.2, -0.15) is 5.10 Å².